The summed E-state index contributed by atoms with van der Waals surface area (Å²) < 4.78 is 1.92. The lowest BCUT2D eigenvalue weighted by Gasteiger charge is -2.16. The lowest BCUT2D eigenvalue weighted by Crippen LogP contribution is -2.28. The third-order valence-electron chi connectivity index (χ3n) is 7.87. The van der Waals surface area contributed by atoms with E-state index in [2.05, 4.69) is 35.9 Å². The summed E-state index contributed by atoms with van der Waals surface area (Å²) in [5.74, 6) is 1.96. The van der Waals surface area contributed by atoms with Gasteiger partial charge in [-0.3, -0.25) is 19.8 Å². The molecule has 2 aliphatic carbocycles. The molecular formula is C29H30N10O3. The molecule has 0 spiro atoms. The number of hydrogen-bond acceptors (Lipinski definition) is 9. The van der Waals surface area contributed by atoms with Gasteiger partial charge in [0.05, 0.1) is 17.4 Å². The molecule has 3 N–H and O–H groups in total. The molecule has 4 aromatic rings. The summed E-state index contributed by atoms with van der Waals surface area (Å²) in [6, 6.07) is 4.80. The van der Waals surface area contributed by atoms with Crippen molar-refractivity contribution in [1.82, 2.24) is 34.6 Å². The highest BCUT2D eigenvalue weighted by Crippen LogP contribution is 2.46. The summed E-state index contributed by atoms with van der Waals surface area (Å²) in [6.07, 6.45) is 8.59. The lowest BCUT2D eigenvalue weighted by atomic mass is 10.1. The number of imide groups is 1. The van der Waals surface area contributed by atoms with Crippen LogP contribution < -0.4 is 20.9 Å². The number of aromatic nitrogens is 6. The van der Waals surface area contributed by atoms with Gasteiger partial charge in [-0.2, -0.15) is 0 Å². The van der Waals surface area contributed by atoms with E-state index in [9.17, 15) is 14.4 Å². The van der Waals surface area contributed by atoms with Crippen molar-refractivity contribution in [2.45, 2.75) is 57.9 Å². The molecule has 0 aromatic carbocycles. The Morgan fingerprint density at radius 1 is 1.07 bits per heavy atom. The number of urea groups is 1. The summed E-state index contributed by atoms with van der Waals surface area (Å²) in [7, 11) is 0. The second kappa shape index (κ2) is 9.86. The SMILES string of the molecule is Cc1ccnc(C2CC2C(=O)Nc2cc(N[C@H](C)c3cn4cc(C5CC5)cc(N5CC(=O)NC5=O)c4n3)nc(C)n2)n1. The van der Waals surface area contributed by atoms with Crippen molar-refractivity contribution >= 4 is 40.8 Å². The summed E-state index contributed by atoms with van der Waals surface area (Å²) >= 11 is 0. The minimum absolute atomic E-state index is 0.00979. The molecule has 3 atom stereocenters. The van der Waals surface area contributed by atoms with E-state index in [4.69, 9.17) is 4.98 Å². The van der Waals surface area contributed by atoms with Gasteiger partial charge < -0.3 is 15.0 Å². The number of nitrogens with one attached hydrogen (secondary N) is 3. The monoisotopic (exact) mass is 566 g/mol. The Kier molecular flexibility index (Phi) is 6.10. The first kappa shape index (κ1) is 26.0. The van der Waals surface area contributed by atoms with Crippen LogP contribution in [0.15, 0.2) is 36.8 Å². The lowest BCUT2D eigenvalue weighted by molar-refractivity contribution is -0.118. The standard InChI is InChI=1S/C29H30N10O3/c1-14-6-7-30-26(31-14)19-9-20(19)28(41)36-24-10-23(33-16(3)34-24)32-15(2)21-12-38-11-18(17-4-5-17)8-22(27(38)35-21)39-13-25(40)37-29(39)42/h6-8,10-12,15,17,19-20H,4-5,9,13H2,1-3H3,(H,37,40,42)(H2,32,33,34,36,41)/t15-,19?,20?/m1/s1. The van der Waals surface area contributed by atoms with Crippen LogP contribution in [-0.4, -0.2) is 53.7 Å². The van der Waals surface area contributed by atoms with Crippen LogP contribution in [-0.2, 0) is 9.59 Å². The third kappa shape index (κ3) is 5.01. The Balaban J connectivity index is 1.09. The van der Waals surface area contributed by atoms with E-state index in [1.807, 2.05) is 42.8 Å². The summed E-state index contributed by atoms with van der Waals surface area (Å²) in [5.41, 5.74) is 3.93. The summed E-state index contributed by atoms with van der Waals surface area (Å²) in [5, 5.41) is 8.65. The van der Waals surface area contributed by atoms with Crippen molar-refractivity contribution in [3.05, 3.63) is 65.4 Å². The Hall–Kier alpha value is -4.94. The number of carbonyl (C=O) groups excluding carboxylic acids is 3. The Morgan fingerprint density at radius 3 is 2.62 bits per heavy atom. The Labute approximate surface area is 241 Å². The van der Waals surface area contributed by atoms with Crippen molar-refractivity contribution in [2.24, 2.45) is 5.92 Å². The van der Waals surface area contributed by atoms with Crippen LogP contribution in [0.1, 0.15) is 72.7 Å². The third-order valence-corrected chi connectivity index (χ3v) is 7.87. The van der Waals surface area contributed by atoms with E-state index < -0.39 is 6.03 Å². The van der Waals surface area contributed by atoms with Gasteiger partial charge in [-0.05, 0) is 63.6 Å². The van der Waals surface area contributed by atoms with E-state index >= 15 is 0 Å². The number of rotatable bonds is 8. The molecule has 1 saturated heterocycles. The molecule has 0 radical (unpaired) electrons. The summed E-state index contributed by atoms with van der Waals surface area (Å²) in [6.45, 7) is 5.60. The van der Waals surface area contributed by atoms with Crippen molar-refractivity contribution < 1.29 is 14.4 Å². The van der Waals surface area contributed by atoms with Crippen LogP contribution in [0.4, 0.5) is 22.1 Å². The van der Waals surface area contributed by atoms with Crippen molar-refractivity contribution in [1.29, 1.82) is 0 Å². The fourth-order valence-corrected chi connectivity index (χ4v) is 5.44. The van der Waals surface area contributed by atoms with Gasteiger partial charge in [0.15, 0.2) is 5.65 Å². The largest absolute Gasteiger partial charge is 0.362 e. The number of anilines is 3. The molecule has 3 aliphatic rings. The molecule has 4 amide bonds. The van der Waals surface area contributed by atoms with E-state index in [-0.39, 0.29) is 36.2 Å². The van der Waals surface area contributed by atoms with Gasteiger partial charge >= 0.3 is 6.03 Å². The molecule has 0 bridgehead atoms. The minimum atomic E-state index is -0.444. The van der Waals surface area contributed by atoms with E-state index in [1.54, 1.807) is 19.2 Å². The van der Waals surface area contributed by atoms with E-state index in [1.165, 1.54) is 4.90 Å². The maximum Gasteiger partial charge on any atom is 0.329 e. The average molecular weight is 567 g/mol. The highest BCUT2D eigenvalue weighted by atomic mass is 16.2. The molecular weight excluding hydrogens is 536 g/mol. The first-order chi connectivity index (χ1) is 20.2. The van der Waals surface area contributed by atoms with Gasteiger partial charge in [0, 0.05) is 42.2 Å². The molecule has 1 aliphatic heterocycles. The first-order valence-electron chi connectivity index (χ1n) is 14.1. The fraction of sp³-hybridized carbons (Fsp3) is 0.379. The predicted octanol–water partition coefficient (Wildman–Crippen LogP) is 3.38. The van der Waals surface area contributed by atoms with Gasteiger partial charge in [-0.25, -0.2) is 29.7 Å². The second-order valence-electron chi connectivity index (χ2n) is 11.3. The second-order valence-corrected chi connectivity index (χ2v) is 11.3. The van der Waals surface area contributed by atoms with Gasteiger partial charge in [0.2, 0.25) is 11.8 Å². The summed E-state index contributed by atoms with van der Waals surface area (Å²) in [4.78, 5) is 61.4. The number of hydrogen-bond donors (Lipinski definition) is 3. The maximum absolute atomic E-state index is 13.0. The van der Waals surface area contributed by atoms with E-state index in [0.717, 1.165) is 29.8 Å². The number of pyridine rings is 1. The first-order valence-corrected chi connectivity index (χ1v) is 14.1. The average Bonchev–Trinajstić information content (AvgIpc) is 3.86. The number of carbonyl (C=O) groups is 3. The Morgan fingerprint density at radius 2 is 1.88 bits per heavy atom. The van der Waals surface area contributed by atoms with Crippen molar-refractivity contribution in [2.75, 3.05) is 22.1 Å². The van der Waals surface area contributed by atoms with Gasteiger partial charge in [-0.15, -0.1) is 0 Å². The number of imidazole rings is 1. The zero-order valence-corrected chi connectivity index (χ0v) is 23.5. The molecule has 2 unspecified atom stereocenters. The highest BCUT2D eigenvalue weighted by molar-refractivity contribution is 6.13. The minimum Gasteiger partial charge on any atom is -0.362 e. The smallest absolute Gasteiger partial charge is 0.329 e. The number of amides is 4. The molecule has 13 heteroatoms. The molecule has 4 aromatic heterocycles. The topological polar surface area (TPSA) is 159 Å². The van der Waals surface area contributed by atoms with Crippen LogP contribution in [0.5, 0.6) is 0 Å². The molecule has 214 valence electrons. The zero-order chi connectivity index (χ0) is 29.1. The van der Waals surface area contributed by atoms with Crippen molar-refractivity contribution in [3.63, 3.8) is 0 Å². The van der Waals surface area contributed by atoms with Gasteiger partial charge in [0.25, 0.3) is 0 Å². The number of fused-ring (bicyclic) bond motifs is 1. The molecule has 13 nitrogen and oxygen atoms in total. The van der Waals surface area contributed by atoms with Crippen LogP contribution in [0.25, 0.3) is 5.65 Å². The fourth-order valence-electron chi connectivity index (χ4n) is 5.44. The van der Waals surface area contributed by atoms with Crippen molar-refractivity contribution in [3.8, 4) is 0 Å². The number of aryl methyl sites for hydroxylation is 2. The Bertz CT molecular complexity index is 1760. The van der Waals surface area contributed by atoms with Gasteiger partial charge in [0.1, 0.15) is 29.8 Å². The highest BCUT2D eigenvalue weighted by Gasteiger charge is 2.46. The normalized spacial score (nSPS) is 20.5. The van der Waals surface area contributed by atoms with Crippen LogP contribution >= 0.6 is 0 Å². The molecule has 42 heavy (non-hydrogen) atoms. The number of nitrogens with zero attached hydrogens (tertiary/aromatic N) is 7. The predicted molar refractivity (Wildman–Crippen MR) is 153 cm³/mol. The molecule has 7 rings (SSSR count). The van der Waals surface area contributed by atoms with Crippen LogP contribution in [0, 0.1) is 19.8 Å². The quantitative estimate of drug-likeness (QED) is 0.272. The van der Waals surface area contributed by atoms with Crippen LogP contribution in [0.3, 0.4) is 0 Å². The maximum atomic E-state index is 13.0. The molecule has 3 fully saturated rings. The van der Waals surface area contributed by atoms with Crippen LogP contribution in [0.2, 0.25) is 0 Å². The van der Waals surface area contributed by atoms with Gasteiger partial charge in [-0.1, -0.05) is 0 Å². The zero-order valence-electron chi connectivity index (χ0n) is 23.5. The molecule has 2 saturated carbocycles. The van der Waals surface area contributed by atoms with E-state index in [0.29, 0.717) is 47.0 Å². The molecule has 5 heterocycles.